The first kappa shape index (κ1) is 17.0. The van der Waals surface area contributed by atoms with Gasteiger partial charge in [0, 0.05) is 16.5 Å². The molecule has 0 N–H and O–H groups in total. The van der Waals surface area contributed by atoms with Gasteiger partial charge in [0.2, 0.25) is 0 Å². The Labute approximate surface area is 144 Å². The Morgan fingerprint density at radius 3 is 2.52 bits per heavy atom. The highest BCUT2D eigenvalue weighted by atomic mass is 19.1. The molecule has 0 amide bonds. The smallest absolute Gasteiger partial charge is 0.314 e. The van der Waals surface area contributed by atoms with Gasteiger partial charge in [0.1, 0.15) is 17.2 Å². The number of hydrogen-bond donors (Lipinski definition) is 0. The van der Waals surface area contributed by atoms with Gasteiger partial charge >= 0.3 is 5.69 Å². The fraction of sp³-hybridized carbons (Fsp3) is 0.211. The maximum absolute atomic E-state index is 13.2. The molecule has 0 aliphatic heterocycles. The van der Waals surface area contributed by atoms with Gasteiger partial charge in [-0.3, -0.25) is 10.1 Å². The molecule has 0 aliphatic carbocycles. The van der Waals surface area contributed by atoms with Crippen molar-refractivity contribution < 1.29 is 18.5 Å². The molecule has 5 nitrogen and oxygen atoms in total. The van der Waals surface area contributed by atoms with Crippen LogP contribution < -0.4 is 4.74 Å². The van der Waals surface area contributed by atoms with E-state index in [1.165, 1.54) is 18.2 Å². The second kappa shape index (κ2) is 6.55. The number of nitro benzene ring substituents is 1. The molecule has 3 rings (SSSR count). The molecule has 129 valence electrons. The molecule has 0 bridgehead atoms. The number of benzene rings is 2. The lowest BCUT2D eigenvalue weighted by molar-refractivity contribution is -0.385. The topological polar surface area (TPSA) is 65.5 Å². The van der Waals surface area contributed by atoms with E-state index in [1.54, 1.807) is 32.0 Å². The summed E-state index contributed by atoms with van der Waals surface area (Å²) >= 11 is 0. The minimum atomic E-state index is -0.499. The van der Waals surface area contributed by atoms with E-state index in [0.717, 1.165) is 5.56 Å². The molecule has 6 heteroatoms. The fourth-order valence-electron chi connectivity index (χ4n) is 2.74. The Morgan fingerprint density at radius 2 is 1.96 bits per heavy atom. The zero-order chi connectivity index (χ0) is 18.1. The van der Waals surface area contributed by atoms with Gasteiger partial charge in [-0.1, -0.05) is 0 Å². The van der Waals surface area contributed by atoms with Crippen LogP contribution in [0.25, 0.3) is 22.3 Å². The Kier molecular flexibility index (Phi) is 4.44. The summed E-state index contributed by atoms with van der Waals surface area (Å²) in [6, 6.07) is 8.86. The molecule has 0 aliphatic rings. The Bertz CT molecular complexity index is 929. The highest BCUT2D eigenvalue weighted by molar-refractivity contribution is 5.91. The third kappa shape index (κ3) is 3.20. The van der Waals surface area contributed by atoms with Crippen LogP contribution in [0.2, 0.25) is 0 Å². The van der Waals surface area contributed by atoms with Crippen LogP contribution in [0, 0.1) is 22.9 Å². The van der Waals surface area contributed by atoms with Crippen molar-refractivity contribution in [1.82, 2.24) is 0 Å². The minimum absolute atomic E-state index is 0.156. The summed E-state index contributed by atoms with van der Waals surface area (Å²) in [5.41, 5.74) is 1.70. The van der Waals surface area contributed by atoms with E-state index in [1.807, 2.05) is 0 Å². The number of hydrogen-bond acceptors (Lipinski definition) is 4. The summed E-state index contributed by atoms with van der Waals surface area (Å²) in [5.74, 6) is 0.369. The van der Waals surface area contributed by atoms with Crippen molar-refractivity contribution in [3.05, 3.63) is 64.8 Å². The highest BCUT2D eigenvalue weighted by Gasteiger charge is 2.23. The van der Waals surface area contributed by atoms with E-state index in [4.69, 9.17) is 9.15 Å². The summed E-state index contributed by atoms with van der Waals surface area (Å²) in [6.45, 7) is 7.52. The van der Waals surface area contributed by atoms with Crippen LogP contribution in [-0.2, 0) is 6.42 Å². The number of rotatable bonds is 5. The lowest BCUT2D eigenvalue weighted by atomic mass is 10.0. The second-order valence-corrected chi connectivity index (χ2v) is 5.91. The number of fused-ring (bicyclic) bond motifs is 1. The van der Waals surface area contributed by atoms with Crippen molar-refractivity contribution in [3.63, 3.8) is 0 Å². The quantitative estimate of drug-likeness (QED) is 0.465. The molecule has 3 aromatic rings. The number of ether oxygens (including phenoxy) is 1. The Morgan fingerprint density at radius 1 is 1.28 bits per heavy atom. The Hall–Kier alpha value is -2.89. The van der Waals surface area contributed by atoms with E-state index in [-0.39, 0.29) is 23.4 Å². The molecule has 0 unspecified atom stereocenters. The average Bonchev–Trinajstić information content (AvgIpc) is 2.91. The van der Waals surface area contributed by atoms with E-state index in [2.05, 4.69) is 6.92 Å². The third-order valence-electron chi connectivity index (χ3n) is 3.79. The molecule has 1 heterocycles. The third-order valence-corrected chi connectivity index (χ3v) is 3.79. The summed E-state index contributed by atoms with van der Waals surface area (Å²) < 4.78 is 24.6. The molecular weight excluding hydrogens is 325 g/mol. The SMILES string of the molecule is [CH2]Cc1c(-c2ccc(F)cc2)oc2cc([N+](=O)[O-])c(OC(C)C)cc12. The Balaban J connectivity index is 2.24. The number of nitrogens with zero attached hydrogens (tertiary/aromatic N) is 1. The molecular formula is C19H17FNO4. The molecule has 0 saturated carbocycles. The first-order valence-corrected chi connectivity index (χ1v) is 7.86. The van der Waals surface area contributed by atoms with Crippen LogP contribution >= 0.6 is 0 Å². The van der Waals surface area contributed by atoms with Crippen molar-refractivity contribution in [1.29, 1.82) is 0 Å². The van der Waals surface area contributed by atoms with Gasteiger partial charge < -0.3 is 9.15 Å². The number of nitro groups is 1. The summed E-state index contributed by atoms with van der Waals surface area (Å²) in [4.78, 5) is 10.8. The van der Waals surface area contributed by atoms with E-state index >= 15 is 0 Å². The van der Waals surface area contributed by atoms with Gasteiger partial charge in [0.05, 0.1) is 17.1 Å². The first-order chi connectivity index (χ1) is 11.9. The van der Waals surface area contributed by atoms with Gasteiger partial charge in [-0.05, 0) is 57.5 Å². The standard InChI is InChI=1S/C19H17FNO4/c1-4-14-15-9-18(24-11(2)3)16(21(22)23)10-17(15)25-19(14)12-5-7-13(20)8-6-12/h5-11H,1,4H2,2-3H3. The monoisotopic (exact) mass is 342 g/mol. The van der Waals surface area contributed by atoms with E-state index < -0.39 is 4.92 Å². The second-order valence-electron chi connectivity index (χ2n) is 5.91. The lowest BCUT2D eigenvalue weighted by Crippen LogP contribution is -2.07. The molecule has 0 saturated heterocycles. The fourth-order valence-corrected chi connectivity index (χ4v) is 2.74. The zero-order valence-electron chi connectivity index (χ0n) is 13.9. The first-order valence-electron chi connectivity index (χ1n) is 7.86. The molecule has 0 spiro atoms. The van der Waals surface area contributed by atoms with Crippen molar-refractivity contribution in [2.75, 3.05) is 0 Å². The molecule has 2 aromatic carbocycles. The minimum Gasteiger partial charge on any atom is -0.484 e. The van der Waals surface area contributed by atoms with Gasteiger partial charge in [-0.25, -0.2) is 4.39 Å². The van der Waals surface area contributed by atoms with E-state index in [9.17, 15) is 14.5 Å². The van der Waals surface area contributed by atoms with Gasteiger partial charge in [0.25, 0.3) is 0 Å². The van der Waals surface area contributed by atoms with Gasteiger partial charge in [-0.15, -0.1) is 0 Å². The summed E-state index contributed by atoms with van der Waals surface area (Å²) in [6.07, 6.45) is 0.210. The molecule has 25 heavy (non-hydrogen) atoms. The van der Waals surface area contributed by atoms with Crippen molar-refractivity contribution >= 4 is 16.7 Å². The lowest BCUT2D eigenvalue weighted by Gasteiger charge is -2.10. The molecule has 0 fully saturated rings. The van der Waals surface area contributed by atoms with Crippen LogP contribution in [0.15, 0.2) is 40.8 Å². The summed E-state index contributed by atoms with van der Waals surface area (Å²) in [7, 11) is 0. The van der Waals surface area contributed by atoms with Crippen molar-refractivity contribution in [3.8, 4) is 17.1 Å². The maximum atomic E-state index is 13.2. The number of furan rings is 1. The maximum Gasteiger partial charge on any atom is 0.314 e. The average molecular weight is 342 g/mol. The van der Waals surface area contributed by atoms with Crippen LogP contribution in [0.1, 0.15) is 19.4 Å². The predicted octanol–water partition coefficient (Wildman–Crippen LogP) is 5.31. The highest BCUT2D eigenvalue weighted by Crippen LogP contribution is 2.40. The van der Waals surface area contributed by atoms with Crippen LogP contribution in [0.3, 0.4) is 0 Å². The summed E-state index contributed by atoms with van der Waals surface area (Å²) in [5, 5.41) is 12.0. The number of halogens is 1. The van der Waals surface area contributed by atoms with Crippen LogP contribution in [-0.4, -0.2) is 11.0 Å². The van der Waals surface area contributed by atoms with Crippen LogP contribution in [0.5, 0.6) is 5.75 Å². The van der Waals surface area contributed by atoms with Gasteiger partial charge in [-0.2, -0.15) is 0 Å². The normalized spacial score (nSPS) is 11.2. The van der Waals surface area contributed by atoms with Crippen molar-refractivity contribution in [2.24, 2.45) is 0 Å². The largest absolute Gasteiger partial charge is 0.484 e. The van der Waals surface area contributed by atoms with Crippen molar-refractivity contribution in [2.45, 2.75) is 26.4 Å². The van der Waals surface area contributed by atoms with Gasteiger partial charge in [0.15, 0.2) is 5.75 Å². The molecule has 1 radical (unpaired) electrons. The molecule has 1 aromatic heterocycles. The molecule has 0 atom stereocenters. The zero-order valence-corrected chi connectivity index (χ0v) is 13.9. The predicted molar refractivity (Wildman–Crippen MR) is 93.1 cm³/mol. The van der Waals surface area contributed by atoms with Crippen LogP contribution in [0.4, 0.5) is 10.1 Å². The van der Waals surface area contributed by atoms with E-state index in [0.29, 0.717) is 28.7 Å².